The first-order chi connectivity index (χ1) is 7.00. The van der Waals surface area contributed by atoms with Gasteiger partial charge in [-0.1, -0.05) is 0 Å². The van der Waals surface area contributed by atoms with Crippen LogP contribution in [0.3, 0.4) is 0 Å². The summed E-state index contributed by atoms with van der Waals surface area (Å²) in [5.74, 6) is -0.471. The number of aliphatic hydroxyl groups is 1. The Morgan fingerprint density at radius 1 is 1.60 bits per heavy atom. The lowest BCUT2D eigenvalue weighted by molar-refractivity contribution is -0.385. The van der Waals surface area contributed by atoms with E-state index in [1.807, 2.05) is 0 Å². The van der Waals surface area contributed by atoms with Crippen LogP contribution in [0.5, 0.6) is 0 Å². The highest BCUT2D eigenvalue weighted by molar-refractivity contribution is 5.35. The molecule has 0 aliphatic rings. The summed E-state index contributed by atoms with van der Waals surface area (Å²) < 4.78 is 13.2. The number of nitro groups is 1. The average molecular weight is 213 g/mol. The summed E-state index contributed by atoms with van der Waals surface area (Å²) in [4.78, 5) is 9.87. The van der Waals surface area contributed by atoms with E-state index in [9.17, 15) is 14.5 Å². The van der Waals surface area contributed by atoms with Crippen LogP contribution in [0.15, 0.2) is 18.2 Å². The molecule has 0 unspecified atom stereocenters. The fourth-order valence-electron chi connectivity index (χ4n) is 1.23. The van der Waals surface area contributed by atoms with E-state index in [4.69, 9.17) is 5.11 Å². The maximum Gasteiger partial charge on any atom is 0.269 e. The highest BCUT2D eigenvalue weighted by Gasteiger charge is 2.11. The van der Waals surface area contributed by atoms with Crippen LogP contribution in [0.4, 0.5) is 10.1 Å². The normalized spacial score (nSPS) is 12.5. The lowest BCUT2D eigenvalue weighted by Gasteiger charge is -2.05. The number of rotatable bonds is 4. The molecule has 0 aromatic heterocycles. The van der Waals surface area contributed by atoms with E-state index >= 15 is 0 Å². The molecule has 0 spiro atoms. The second kappa shape index (κ2) is 4.84. The van der Waals surface area contributed by atoms with Crippen molar-refractivity contribution in [2.75, 3.05) is 0 Å². The van der Waals surface area contributed by atoms with Gasteiger partial charge in [0.1, 0.15) is 5.82 Å². The van der Waals surface area contributed by atoms with Crippen molar-refractivity contribution in [3.63, 3.8) is 0 Å². The lowest BCUT2D eigenvalue weighted by Crippen LogP contribution is -2.03. The Morgan fingerprint density at radius 2 is 2.27 bits per heavy atom. The molecule has 0 heterocycles. The second-order valence-electron chi connectivity index (χ2n) is 3.42. The first-order valence-corrected chi connectivity index (χ1v) is 4.61. The van der Waals surface area contributed by atoms with Gasteiger partial charge >= 0.3 is 0 Å². The summed E-state index contributed by atoms with van der Waals surface area (Å²) in [6, 6.07) is 3.41. The van der Waals surface area contributed by atoms with Crippen molar-refractivity contribution < 1.29 is 14.4 Å². The summed E-state index contributed by atoms with van der Waals surface area (Å²) in [6.07, 6.45) is 0.146. The highest BCUT2D eigenvalue weighted by atomic mass is 19.1. The molecule has 5 heteroatoms. The average Bonchev–Trinajstić information content (AvgIpc) is 2.16. The summed E-state index contributed by atoms with van der Waals surface area (Å²) in [5.41, 5.74) is 0.141. The van der Waals surface area contributed by atoms with Crippen LogP contribution < -0.4 is 0 Å². The van der Waals surface area contributed by atoms with E-state index in [-0.39, 0.29) is 11.3 Å². The minimum Gasteiger partial charge on any atom is -0.393 e. The monoisotopic (exact) mass is 213 g/mol. The smallest absolute Gasteiger partial charge is 0.269 e. The van der Waals surface area contributed by atoms with Gasteiger partial charge in [-0.2, -0.15) is 0 Å². The third kappa shape index (κ3) is 3.28. The Labute approximate surface area is 86.5 Å². The van der Waals surface area contributed by atoms with Gasteiger partial charge in [0.05, 0.1) is 11.0 Å². The largest absolute Gasteiger partial charge is 0.393 e. The Morgan fingerprint density at radius 3 is 2.80 bits per heavy atom. The number of halogens is 1. The summed E-state index contributed by atoms with van der Waals surface area (Å²) >= 11 is 0. The molecule has 0 saturated heterocycles. The number of hydrogen-bond acceptors (Lipinski definition) is 3. The third-order valence-electron chi connectivity index (χ3n) is 2.07. The van der Waals surface area contributed by atoms with Gasteiger partial charge in [0.15, 0.2) is 0 Å². The molecule has 0 fully saturated rings. The first-order valence-electron chi connectivity index (χ1n) is 4.61. The van der Waals surface area contributed by atoms with Gasteiger partial charge in [0, 0.05) is 12.1 Å². The molecule has 0 bridgehead atoms. The highest BCUT2D eigenvalue weighted by Crippen LogP contribution is 2.18. The zero-order valence-corrected chi connectivity index (χ0v) is 8.31. The quantitative estimate of drug-likeness (QED) is 0.615. The van der Waals surface area contributed by atoms with Crippen LogP contribution in [0, 0.1) is 15.9 Å². The molecule has 0 radical (unpaired) electrons. The van der Waals surface area contributed by atoms with Crippen LogP contribution in [-0.2, 0) is 6.42 Å². The molecule has 15 heavy (non-hydrogen) atoms. The number of benzene rings is 1. The number of nitro benzene ring substituents is 1. The van der Waals surface area contributed by atoms with Gasteiger partial charge in [-0.25, -0.2) is 4.39 Å². The van der Waals surface area contributed by atoms with Gasteiger partial charge < -0.3 is 5.11 Å². The van der Waals surface area contributed by atoms with Gasteiger partial charge in [-0.15, -0.1) is 0 Å². The summed E-state index contributed by atoms with van der Waals surface area (Å²) in [7, 11) is 0. The van der Waals surface area contributed by atoms with E-state index in [1.165, 1.54) is 6.07 Å². The summed E-state index contributed by atoms with van der Waals surface area (Å²) in [5, 5.41) is 19.5. The number of hydrogen-bond donors (Lipinski definition) is 1. The fraction of sp³-hybridized carbons (Fsp3) is 0.400. The van der Waals surface area contributed by atoms with Crippen LogP contribution >= 0.6 is 0 Å². The maximum absolute atomic E-state index is 13.2. The Balaban J connectivity index is 2.85. The predicted molar refractivity (Wildman–Crippen MR) is 53.1 cm³/mol. The number of non-ortho nitro benzene ring substituents is 1. The SMILES string of the molecule is C[C@@H](O)CCc1cc([N+](=O)[O-])ccc1F. The fourth-order valence-corrected chi connectivity index (χ4v) is 1.23. The molecule has 4 nitrogen and oxygen atoms in total. The maximum atomic E-state index is 13.2. The predicted octanol–water partition coefficient (Wildman–Crippen LogP) is 2.05. The Bertz CT molecular complexity index is 366. The Hall–Kier alpha value is -1.49. The number of nitrogens with zero attached hydrogens (tertiary/aromatic N) is 1. The zero-order chi connectivity index (χ0) is 11.4. The van der Waals surface area contributed by atoms with Gasteiger partial charge in [-0.3, -0.25) is 10.1 Å². The van der Waals surface area contributed by atoms with Gasteiger partial charge in [0.2, 0.25) is 0 Å². The van der Waals surface area contributed by atoms with Gasteiger partial charge in [-0.05, 0) is 31.4 Å². The van der Waals surface area contributed by atoms with E-state index < -0.39 is 16.8 Å². The van der Waals surface area contributed by atoms with Crippen molar-refractivity contribution in [2.45, 2.75) is 25.9 Å². The molecule has 82 valence electrons. The molecule has 1 atom stereocenters. The van der Waals surface area contributed by atoms with Crippen LogP contribution in [0.2, 0.25) is 0 Å². The molecule has 1 N–H and O–H groups in total. The van der Waals surface area contributed by atoms with Crippen molar-refractivity contribution in [1.29, 1.82) is 0 Å². The lowest BCUT2D eigenvalue weighted by atomic mass is 10.1. The van der Waals surface area contributed by atoms with Crippen LogP contribution in [0.1, 0.15) is 18.9 Å². The molecule has 0 saturated carbocycles. The molecule has 1 rings (SSSR count). The number of aliphatic hydroxyl groups excluding tert-OH is 1. The molecule has 1 aromatic rings. The topological polar surface area (TPSA) is 63.4 Å². The van der Waals surface area contributed by atoms with E-state index in [0.717, 1.165) is 12.1 Å². The molecule has 0 aliphatic heterocycles. The molecular formula is C10H12FNO3. The van der Waals surface area contributed by atoms with Crippen LogP contribution in [-0.4, -0.2) is 16.1 Å². The third-order valence-corrected chi connectivity index (χ3v) is 2.07. The molecule has 0 aliphatic carbocycles. The van der Waals surface area contributed by atoms with Crippen molar-refractivity contribution in [3.05, 3.63) is 39.7 Å². The summed E-state index contributed by atoms with van der Waals surface area (Å²) in [6.45, 7) is 1.59. The van der Waals surface area contributed by atoms with Crippen molar-refractivity contribution in [3.8, 4) is 0 Å². The number of aryl methyl sites for hydroxylation is 1. The van der Waals surface area contributed by atoms with E-state index in [2.05, 4.69) is 0 Å². The van der Waals surface area contributed by atoms with Crippen molar-refractivity contribution >= 4 is 5.69 Å². The van der Waals surface area contributed by atoms with Gasteiger partial charge in [0.25, 0.3) is 5.69 Å². The van der Waals surface area contributed by atoms with Crippen LogP contribution in [0.25, 0.3) is 0 Å². The zero-order valence-electron chi connectivity index (χ0n) is 8.31. The first kappa shape index (κ1) is 11.6. The molecular weight excluding hydrogens is 201 g/mol. The van der Waals surface area contributed by atoms with E-state index in [1.54, 1.807) is 6.92 Å². The molecule has 0 amide bonds. The molecule has 1 aromatic carbocycles. The Kier molecular flexibility index (Phi) is 3.74. The van der Waals surface area contributed by atoms with Crippen molar-refractivity contribution in [1.82, 2.24) is 0 Å². The second-order valence-corrected chi connectivity index (χ2v) is 3.42. The minimum atomic E-state index is -0.564. The standard InChI is InChI=1S/C10H12FNO3/c1-7(13)2-3-8-6-9(12(14)15)4-5-10(8)11/h4-7,13H,2-3H2,1H3/t7-/m1/s1. The van der Waals surface area contributed by atoms with Crippen molar-refractivity contribution in [2.24, 2.45) is 0 Å². The van der Waals surface area contributed by atoms with E-state index in [0.29, 0.717) is 12.8 Å². The minimum absolute atomic E-state index is 0.128.